The Morgan fingerprint density at radius 1 is 1.09 bits per heavy atom. The zero-order chi connectivity index (χ0) is 15.9. The third kappa shape index (κ3) is 6.48. The average molecular weight is 437 g/mol. The summed E-state index contributed by atoms with van der Waals surface area (Å²) in [4.78, 5) is 0. The van der Waals surface area contributed by atoms with Crippen LogP contribution in [-0.2, 0) is 18.3 Å². The Bertz CT molecular complexity index is 361. The molecule has 5 heteroatoms. The second kappa shape index (κ2) is 10.1. The summed E-state index contributed by atoms with van der Waals surface area (Å²) in [5, 5.41) is 3.83. The Morgan fingerprint density at radius 3 is 2.50 bits per heavy atom. The SMILES string of the molecule is CC(C)OC1CCCCC1NCC1CCCCC1[CH]=[Ru]([Cl])[Cl]. The normalized spacial score (nSPS) is 33.8. The molecule has 0 spiro atoms. The van der Waals surface area contributed by atoms with E-state index in [0.29, 0.717) is 30.1 Å². The van der Waals surface area contributed by atoms with Gasteiger partial charge in [-0.05, 0) is 0 Å². The molecule has 4 unspecified atom stereocenters. The third-order valence-corrected chi connectivity index (χ3v) is 7.24. The van der Waals surface area contributed by atoms with Crippen molar-refractivity contribution in [2.75, 3.05) is 6.54 Å². The molecule has 0 radical (unpaired) electrons. The Hall–Kier alpha value is 0.993. The van der Waals surface area contributed by atoms with Gasteiger partial charge in [0.2, 0.25) is 0 Å². The van der Waals surface area contributed by atoms with E-state index >= 15 is 0 Å². The van der Waals surface area contributed by atoms with E-state index in [0.717, 1.165) is 6.54 Å². The minimum absolute atomic E-state index is 0.322. The Morgan fingerprint density at radius 2 is 1.77 bits per heavy atom. The summed E-state index contributed by atoms with van der Waals surface area (Å²) < 4.78 is 8.41. The van der Waals surface area contributed by atoms with E-state index < -0.39 is 13.5 Å². The summed E-state index contributed by atoms with van der Waals surface area (Å²) in [6, 6.07) is 0.527. The van der Waals surface area contributed by atoms with E-state index in [1.54, 1.807) is 0 Å². The molecule has 4 atom stereocenters. The van der Waals surface area contributed by atoms with Crippen molar-refractivity contribution in [1.82, 2.24) is 5.32 Å². The van der Waals surface area contributed by atoms with E-state index in [2.05, 4.69) is 23.8 Å². The van der Waals surface area contributed by atoms with Crippen molar-refractivity contribution in [2.45, 2.75) is 83.5 Å². The number of hydrogen-bond acceptors (Lipinski definition) is 2. The fourth-order valence-corrected chi connectivity index (χ4v) is 6.58. The van der Waals surface area contributed by atoms with Crippen LogP contribution in [0.25, 0.3) is 0 Å². The summed E-state index contributed by atoms with van der Waals surface area (Å²) in [6.07, 6.45) is 11.1. The molecule has 0 saturated heterocycles. The van der Waals surface area contributed by atoms with Crippen LogP contribution in [0.2, 0.25) is 0 Å². The van der Waals surface area contributed by atoms with Crippen molar-refractivity contribution in [3.05, 3.63) is 0 Å². The first kappa shape index (κ1) is 19.3. The molecule has 0 aromatic carbocycles. The molecule has 2 aliphatic carbocycles. The summed E-state index contributed by atoms with van der Waals surface area (Å²) >= 11 is -1.65. The molecule has 0 aromatic rings. The van der Waals surface area contributed by atoms with Crippen molar-refractivity contribution < 1.29 is 18.3 Å². The first-order valence-corrected chi connectivity index (χ1v) is 14.3. The molecule has 0 aromatic heterocycles. The van der Waals surface area contributed by atoms with E-state index in [-0.39, 0.29) is 0 Å². The van der Waals surface area contributed by atoms with E-state index in [1.807, 2.05) is 0 Å². The van der Waals surface area contributed by atoms with Gasteiger partial charge in [0.1, 0.15) is 0 Å². The number of nitrogens with one attached hydrogen (secondary N) is 1. The Labute approximate surface area is 149 Å². The molecular weight excluding hydrogens is 406 g/mol. The van der Waals surface area contributed by atoms with Gasteiger partial charge in [0, 0.05) is 0 Å². The molecule has 2 nitrogen and oxygen atoms in total. The molecular formula is C17H31Cl2NORu. The van der Waals surface area contributed by atoms with Gasteiger partial charge in [-0.3, -0.25) is 0 Å². The van der Waals surface area contributed by atoms with E-state index in [4.69, 9.17) is 24.1 Å². The first-order chi connectivity index (χ1) is 10.6. The molecule has 2 fully saturated rings. The van der Waals surface area contributed by atoms with Crippen LogP contribution in [0.1, 0.15) is 65.2 Å². The first-order valence-electron chi connectivity index (χ1n) is 8.78. The predicted octanol–water partition coefficient (Wildman–Crippen LogP) is 4.85. The summed E-state index contributed by atoms with van der Waals surface area (Å²) in [7, 11) is 12.2. The van der Waals surface area contributed by atoms with Gasteiger partial charge in [-0.25, -0.2) is 0 Å². The quantitative estimate of drug-likeness (QED) is 0.600. The van der Waals surface area contributed by atoms with Crippen molar-refractivity contribution >= 4 is 24.0 Å². The van der Waals surface area contributed by atoms with Gasteiger partial charge in [0.05, 0.1) is 0 Å². The van der Waals surface area contributed by atoms with Crippen LogP contribution < -0.4 is 5.32 Å². The van der Waals surface area contributed by atoms with Gasteiger partial charge in [-0.1, -0.05) is 0 Å². The van der Waals surface area contributed by atoms with E-state index in [9.17, 15) is 0 Å². The van der Waals surface area contributed by atoms with Gasteiger partial charge in [-0.2, -0.15) is 0 Å². The van der Waals surface area contributed by atoms with Crippen LogP contribution in [0.15, 0.2) is 0 Å². The maximum atomic E-state index is 6.13. The topological polar surface area (TPSA) is 21.3 Å². The standard InChI is InChI=1S/C17H31NO.2ClH.Ru/c1-13(2)19-17-11-7-6-10-16(17)18-12-15-9-5-4-8-14(15)3;;;/h3,13-18H,4-12H2,1-2H3;2*1H;/q;;;+2/p-2. The molecule has 0 amide bonds. The minimum atomic E-state index is -1.65. The van der Waals surface area contributed by atoms with Crippen LogP contribution in [0.3, 0.4) is 0 Å². The van der Waals surface area contributed by atoms with Crippen LogP contribution in [0.4, 0.5) is 0 Å². The number of ether oxygens (including phenoxy) is 1. The average Bonchev–Trinajstić information content (AvgIpc) is 2.46. The molecule has 0 heterocycles. The Balaban J connectivity index is 1.87. The van der Waals surface area contributed by atoms with Crippen LogP contribution in [-0.4, -0.2) is 29.4 Å². The number of hydrogen-bond donors (Lipinski definition) is 1. The fraction of sp³-hybridized carbons (Fsp3) is 0.941. The summed E-state index contributed by atoms with van der Waals surface area (Å²) in [5.41, 5.74) is 0. The molecule has 132 valence electrons. The molecule has 2 saturated carbocycles. The van der Waals surface area contributed by atoms with Crippen molar-refractivity contribution in [3.8, 4) is 0 Å². The number of rotatable bonds is 6. The predicted molar refractivity (Wildman–Crippen MR) is 93.5 cm³/mol. The molecule has 0 bridgehead atoms. The van der Waals surface area contributed by atoms with Crippen molar-refractivity contribution in [1.29, 1.82) is 0 Å². The van der Waals surface area contributed by atoms with Crippen molar-refractivity contribution in [3.63, 3.8) is 0 Å². The monoisotopic (exact) mass is 437 g/mol. The van der Waals surface area contributed by atoms with E-state index in [1.165, 1.54) is 51.4 Å². The fourth-order valence-electron chi connectivity index (χ4n) is 3.90. The van der Waals surface area contributed by atoms with Crippen LogP contribution >= 0.6 is 19.4 Å². The van der Waals surface area contributed by atoms with Crippen LogP contribution in [0, 0.1) is 11.8 Å². The van der Waals surface area contributed by atoms with Gasteiger partial charge >= 0.3 is 149 Å². The second-order valence-electron chi connectivity index (χ2n) is 7.05. The van der Waals surface area contributed by atoms with Gasteiger partial charge in [0.15, 0.2) is 0 Å². The zero-order valence-corrected chi connectivity index (χ0v) is 17.1. The van der Waals surface area contributed by atoms with Crippen LogP contribution in [0.5, 0.6) is 0 Å². The van der Waals surface area contributed by atoms with Gasteiger partial charge in [-0.15, -0.1) is 0 Å². The van der Waals surface area contributed by atoms with Gasteiger partial charge in [0.25, 0.3) is 0 Å². The molecule has 22 heavy (non-hydrogen) atoms. The zero-order valence-electron chi connectivity index (χ0n) is 13.8. The van der Waals surface area contributed by atoms with Gasteiger partial charge < -0.3 is 0 Å². The third-order valence-electron chi connectivity index (χ3n) is 5.00. The number of halogens is 2. The molecule has 1 N–H and O–H groups in total. The maximum absolute atomic E-state index is 6.13. The second-order valence-corrected chi connectivity index (χ2v) is 12.9. The summed E-state index contributed by atoms with van der Waals surface area (Å²) in [6.45, 7) is 5.38. The Kier molecular flexibility index (Phi) is 8.86. The molecule has 0 aliphatic heterocycles. The summed E-state index contributed by atoms with van der Waals surface area (Å²) in [5.74, 6) is 1.34. The van der Waals surface area contributed by atoms with Crippen molar-refractivity contribution in [2.24, 2.45) is 11.8 Å². The molecule has 2 rings (SSSR count). The molecule has 2 aliphatic rings.